The molecule has 1 N–H and O–H groups in total. The number of likely N-dealkylation sites (tertiary alicyclic amines) is 1. The zero-order chi connectivity index (χ0) is 20.2. The average Bonchev–Trinajstić information content (AvgIpc) is 3.38. The minimum absolute atomic E-state index is 0.153. The molecule has 1 saturated carbocycles. The minimum atomic E-state index is 0.153. The summed E-state index contributed by atoms with van der Waals surface area (Å²) in [6, 6.07) is 8.16. The summed E-state index contributed by atoms with van der Waals surface area (Å²) in [5.41, 5.74) is 1.92. The highest BCUT2D eigenvalue weighted by Gasteiger charge is 2.28. The van der Waals surface area contributed by atoms with E-state index in [1.807, 2.05) is 31.2 Å². The van der Waals surface area contributed by atoms with Gasteiger partial charge >= 0.3 is 0 Å². The summed E-state index contributed by atoms with van der Waals surface area (Å²) < 4.78 is 11.1. The summed E-state index contributed by atoms with van der Waals surface area (Å²) in [6.45, 7) is 4.58. The average molecular weight is 398 g/mol. The van der Waals surface area contributed by atoms with Gasteiger partial charge in [-0.25, -0.2) is 4.98 Å². The second-order valence-electron chi connectivity index (χ2n) is 8.29. The number of aromatic nitrogens is 1. The van der Waals surface area contributed by atoms with Crippen LogP contribution in [0.1, 0.15) is 50.0 Å². The molecule has 0 bridgehead atoms. The molecule has 2 aliphatic rings. The lowest BCUT2D eigenvalue weighted by Crippen LogP contribution is -2.43. The number of nitrogens with one attached hydrogen (secondary N) is 1. The van der Waals surface area contributed by atoms with Crippen LogP contribution < -0.4 is 10.1 Å². The fraction of sp³-hybridized carbons (Fsp3) is 0.565. The van der Waals surface area contributed by atoms with Gasteiger partial charge in [-0.05, 0) is 70.0 Å². The van der Waals surface area contributed by atoms with Crippen LogP contribution in [0, 0.1) is 12.8 Å². The predicted octanol–water partition coefficient (Wildman–Crippen LogP) is 3.93. The largest absolute Gasteiger partial charge is 0.497 e. The molecule has 4 rings (SSSR count). The molecule has 1 aliphatic carbocycles. The molecule has 1 amide bonds. The monoisotopic (exact) mass is 397 g/mol. The molecule has 156 valence electrons. The maximum atomic E-state index is 12.5. The highest BCUT2D eigenvalue weighted by Crippen LogP contribution is 2.26. The van der Waals surface area contributed by atoms with Gasteiger partial charge in [-0.2, -0.15) is 0 Å². The fourth-order valence-corrected chi connectivity index (χ4v) is 4.39. The first-order valence-electron chi connectivity index (χ1n) is 10.8. The minimum Gasteiger partial charge on any atom is -0.497 e. The van der Waals surface area contributed by atoms with Crippen molar-refractivity contribution in [2.24, 2.45) is 5.92 Å². The molecule has 2 fully saturated rings. The fourth-order valence-electron chi connectivity index (χ4n) is 4.39. The zero-order valence-corrected chi connectivity index (χ0v) is 17.4. The van der Waals surface area contributed by atoms with E-state index in [0.29, 0.717) is 11.9 Å². The van der Waals surface area contributed by atoms with Gasteiger partial charge < -0.3 is 14.5 Å². The molecule has 1 aliphatic heterocycles. The van der Waals surface area contributed by atoms with Crippen LogP contribution in [0.3, 0.4) is 0 Å². The number of piperidine rings is 1. The second kappa shape index (κ2) is 8.99. The maximum absolute atomic E-state index is 12.5. The van der Waals surface area contributed by atoms with Crippen molar-refractivity contribution in [1.29, 1.82) is 0 Å². The van der Waals surface area contributed by atoms with E-state index in [1.54, 1.807) is 7.11 Å². The van der Waals surface area contributed by atoms with Crippen molar-refractivity contribution >= 4 is 5.91 Å². The van der Waals surface area contributed by atoms with Crippen LogP contribution in [-0.4, -0.2) is 42.0 Å². The normalized spacial score (nSPS) is 18.8. The number of benzene rings is 1. The Hall–Kier alpha value is -2.34. The van der Waals surface area contributed by atoms with Crippen molar-refractivity contribution in [2.75, 3.05) is 20.2 Å². The summed E-state index contributed by atoms with van der Waals surface area (Å²) in [5.74, 6) is 2.73. The first-order chi connectivity index (χ1) is 14.1. The summed E-state index contributed by atoms with van der Waals surface area (Å²) in [6.07, 6.45) is 6.62. The molecule has 6 heteroatoms. The lowest BCUT2D eigenvalue weighted by atomic mass is 9.95. The summed E-state index contributed by atoms with van der Waals surface area (Å²) in [5, 5.41) is 3.26. The van der Waals surface area contributed by atoms with E-state index in [9.17, 15) is 4.79 Å². The molecule has 2 aromatic rings. The van der Waals surface area contributed by atoms with Crippen molar-refractivity contribution in [3.8, 4) is 17.2 Å². The van der Waals surface area contributed by atoms with Crippen LogP contribution in [-0.2, 0) is 11.3 Å². The maximum Gasteiger partial charge on any atom is 0.226 e. The third kappa shape index (κ3) is 4.81. The first-order valence-corrected chi connectivity index (χ1v) is 10.8. The number of ether oxygens (including phenoxy) is 1. The highest BCUT2D eigenvalue weighted by atomic mass is 16.5. The zero-order valence-electron chi connectivity index (χ0n) is 17.4. The molecule has 6 nitrogen and oxygen atoms in total. The first kappa shape index (κ1) is 20.0. The standard InChI is InChI=1S/C23H31N3O3/c1-16-21(25-23(29-16)18-7-9-20(28-2)10-8-18)15-26-13-11-17(12-14-26)22(27)24-19-5-3-4-6-19/h7-10,17,19H,3-6,11-15H2,1-2H3,(H,24,27). The Balaban J connectivity index is 1.31. The van der Waals surface area contributed by atoms with Crippen molar-refractivity contribution in [2.45, 2.75) is 58.0 Å². The number of carbonyl (C=O) groups excluding carboxylic acids is 1. The van der Waals surface area contributed by atoms with Gasteiger partial charge in [0, 0.05) is 24.1 Å². The van der Waals surface area contributed by atoms with E-state index in [2.05, 4.69) is 10.2 Å². The van der Waals surface area contributed by atoms with E-state index >= 15 is 0 Å². The van der Waals surface area contributed by atoms with Gasteiger partial charge in [-0.15, -0.1) is 0 Å². The Labute approximate surface area is 172 Å². The number of rotatable bonds is 6. The van der Waals surface area contributed by atoms with Crippen molar-refractivity contribution in [3.05, 3.63) is 35.7 Å². The number of hydrogen-bond donors (Lipinski definition) is 1. The number of methoxy groups -OCH3 is 1. The Morgan fingerprint density at radius 2 is 1.86 bits per heavy atom. The topological polar surface area (TPSA) is 67.6 Å². The molecular weight excluding hydrogens is 366 g/mol. The number of carbonyl (C=O) groups is 1. The Kier molecular flexibility index (Phi) is 6.19. The van der Waals surface area contributed by atoms with Gasteiger partial charge in [-0.3, -0.25) is 9.69 Å². The van der Waals surface area contributed by atoms with Gasteiger partial charge in [0.25, 0.3) is 0 Å². The van der Waals surface area contributed by atoms with Crippen LogP contribution in [0.5, 0.6) is 5.75 Å². The van der Waals surface area contributed by atoms with Gasteiger partial charge in [0.15, 0.2) is 0 Å². The lowest BCUT2D eigenvalue weighted by Gasteiger charge is -2.31. The smallest absolute Gasteiger partial charge is 0.226 e. The molecule has 2 heterocycles. The number of nitrogens with zero attached hydrogens (tertiary/aromatic N) is 2. The van der Waals surface area contributed by atoms with E-state index in [4.69, 9.17) is 14.1 Å². The number of hydrogen-bond acceptors (Lipinski definition) is 5. The summed E-state index contributed by atoms with van der Waals surface area (Å²) >= 11 is 0. The molecule has 29 heavy (non-hydrogen) atoms. The van der Waals surface area contributed by atoms with E-state index in [-0.39, 0.29) is 11.8 Å². The Bertz CT molecular complexity index is 816. The third-order valence-corrected chi connectivity index (χ3v) is 6.26. The molecule has 1 saturated heterocycles. The van der Waals surface area contributed by atoms with E-state index < -0.39 is 0 Å². The molecule has 0 atom stereocenters. The molecular formula is C23H31N3O3. The van der Waals surface area contributed by atoms with Crippen LogP contribution in [0.2, 0.25) is 0 Å². The number of aryl methyl sites for hydroxylation is 1. The number of oxazole rings is 1. The highest BCUT2D eigenvalue weighted by molar-refractivity contribution is 5.79. The van der Waals surface area contributed by atoms with Gasteiger partial charge in [0.2, 0.25) is 11.8 Å². The van der Waals surface area contributed by atoms with Crippen LogP contribution >= 0.6 is 0 Å². The van der Waals surface area contributed by atoms with Crippen LogP contribution in [0.4, 0.5) is 0 Å². The van der Waals surface area contributed by atoms with Gasteiger partial charge in [0.05, 0.1) is 12.8 Å². The summed E-state index contributed by atoms with van der Waals surface area (Å²) in [4.78, 5) is 19.6. The van der Waals surface area contributed by atoms with Crippen LogP contribution in [0.25, 0.3) is 11.5 Å². The molecule has 1 aromatic carbocycles. The molecule has 0 radical (unpaired) electrons. The third-order valence-electron chi connectivity index (χ3n) is 6.26. The van der Waals surface area contributed by atoms with Gasteiger partial charge in [0.1, 0.15) is 11.5 Å². The quantitative estimate of drug-likeness (QED) is 0.800. The Morgan fingerprint density at radius 3 is 2.52 bits per heavy atom. The number of amides is 1. The van der Waals surface area contributed by atoms with Crippen molar-refractivity contribution in [1.82, 2.24) is 15.2 Å². The van der Waals surface area contributed by atoms with Crippen molar-refractivity contribution in [3.63, 3.8) is 0 Å². The SMILES string of the molecule is COc1ccc(-c2nc(CN3CCC(C(=O)NC4CCCC4)CC3)c(C)o2)cc1. The Morgan fingerprint density at radius 1 is 1.17 bits per heavy atom. The second-order valence-corrected chi connectivity index (χ2v) is 8.29. The van der Waals surface area contributed by atoms with Crippen molar-refractivity contribution < 1.29 is 13.9 Å². The molecule has 1 aromatic heterocycles. The molecule has 0 unspecified atom stereocenters. The van der Waals surface area contributed by atoms with Crippen LogP contribution in [0.15, 0.2) is 28.7 Å². The lowest BCUT2D eigenvalue weighted by molar-refractivity contribution is -0.127. The molecule has 0 spiro atoms. The predicted molar refractivity (Wildman–Crippen MR) is 112 cm³/mol. The van der Waals surface area contributed by atoms with Gasteiger partial charge in [-0.1, -0.05) is 12.8 Å². The van der Waals surface area contributed by atoms with E-state index in [1.165, 1.54) is 12.8 Å². The summed E-state index contributed by atoms with van der Waals surface area (Å²) in [7, 11) is 1.66. The van der Waals surface area contributed by atoms with E-state index in [0.717, 1.165) is 68.1 Å².